The molecule has 2 N–H and O–H groups in total. The first-order valence-corrected chi connectivity index (χ1v) is 7.83. The van der Waals surface area contributed by atoms with E-state index >= 15 is 0 Å². The number of pyridine rings is 1. The van der Waals surface area contributed by atoms with Crippen LogP contribution in [-0.2, 0) is 14.3 Å². The van der Waals surface area contributed by atoms with E-state index in [4.69, 9.17) is 4.74 Å². The van der Waals surface area contributed by atoms with Crippen LogP contribution in [0.15, 0.2) is 24.5 Å². The molecular formula is C16H21N3O4. The van der Waals surface area contributed by atoms with E-state index in [0.717, 1.165) is 0 Å². The third kappa shape index (κ3) is 3.35. The summed E-state index contributed by atoms with van der Waals surface area (Å²) >= 11 is 0. The highest BCUT2D eigenvalue weighted by Crippen LogP contribution is 2.42. The number of carboxylic acid groups (broad SMARTS) is 1. The molecule has 0 saturated carbocycles. The van der Waals surface area contributed by atoms with Gasteiger partial charge in [0.25, 0.3) is 0 Å². The summed E-state index contributed by atoms with van der Waals surface area (Å²) in [7, 11) is 0. The molecule has 7 heteroatoms. The maximum absolute atomic E-state index is 12.0. The van der Waals surface area contributed by atoms with E-state index in [1.807, 2.05) is 0 Å². The molecule has 124 valence electrons. The molecule has 0 spiro atoms. The van der Waals surface area contributed by atoms with Crippen molar-refractivity contribution >= 4 is 17.6 Å². The Hall–Kier alpha value is -1.99. The average Bonchev–Trinajstić information content (AvgIpc) is 2.94. The quantitative estimate of drug-likeness (QED) is 0.835. The van der Waals surface area contributed by atoms with Crippen LogP contribution in [0.1, 0.15) is 12.8 Å². The van der Waals surface area contributed by atoms with Gasteiger partial charge in [-0.1, -0.05) is 0 Å². The minimum absolute atomic E-state index is 0.00938. The fraction of sp³-hybridized carbons (Fsp3) is 0.562. The predicted octanol–water partition coefficient (Wildman–Crippen LogP) is 0.833. The molecule has 1 amide bonds. The van der Waals surface area contributed by atoms with Gasteiger partial charge in [-0.3, -0.25) is 14.6 Å². The summed E-state index contributed by atoms with van der Waals surface area (Å²) in [5.41, 5.74) is -0.0408. The van der Waals surface area contributed by atoms with Crippen LogP contribution in [0.4, 0.5) is 5.69 Å². The molecule has 0 aliphatic carbocycles. The molecule has 23 heavy (non-hydrogen) atoms. The second kappa shape index (κ2) is 6.64. The third-order valence-electron chi connectivity index (χ3n) is 4.80. The van der Waals surface area contributed by atoms with Gasteiger partial charge in [0.05, 0.1) is 23.9 Å². The van der Waals surface area contributed by atoms with E-state index in [2.05, 4.69) is 15.2 Å². The van der Waals surface area contributed by atoms with Crippen molar-refractivity contribution in [3.05, 3.63) is 24.5 Å². The fourth-order valence-corrected chi connectivity index (χ4v) is 3.49. The number of likely N-dealkylation sites (tertiary alicyclic amines) is 1. The molecule has 0 radical (unpaired) electrons. The first-order valence-electron chi connectivity index (χ1n) is 7.83. The van der Waals surface area contributed by atoms with Crippen LogP contribution >= 0.6 is 0 Å². The number of nitrogens with zero attached hydrogens (tertiary/aromatic N) is 2. The number of nitrogens with one attached hydrogen (secondary N) is 1. The van der Waals surface area contributed by atoms with E-state index in [9.17, 15) is 14.7 Å². The number of carbonyl (C=O) groups is 2. The lowest BCUT2D eigenvalue weighted by Crippen LogP contribution is -2.44. The molecule has 1 aromatic rings. The Bertz CT molecular complexity index is 580. The smallest absolute Gasteiger partial charge is 0.311 e. The highest BCUT2D eigenvalue weighted by Gasteiger charge is 2.53. The molecule has 0 unspecified atom stereocenters. The topological polar surface area (TPSA) is 91.8 Å². The van der Waals surface area contributed by atoms with Gasteiger partial charge in [-0.05, 0) is 18.6 Å². The van der Waals surface area contributed by atoms with Crippen LogP contribution in [-0.4, -0.2) is 59.7 Å². The number of carboxylic acids is 1. The summed E-state index contributed by atoms with van der Waals surface area (Å²) < 4.78 is 5.44. The van der Waals surface area contributed by atoms with Crippen molar-refractivity contribution < 1.29 is 19.4 Å². The monoisotopic (exact) mass is 319 g/mol. The number of fused-ring (bicyclic) bond motifs is 1. The number of aliphatic carboxylic acids is 1. The number of anilines is 1. The molecule has 0 aromatic carbocycles. The van der Waals surface area contributed by atoms with E-state index in [1.54, 1.807) is 24.5 Å². The Balaban J connectivity index is 1.53. The van der Waals surface area contributed by atoms with Crippen molar-refractivity contribution in [1.82, 2.24) is 9.88 Å². The normalized spacial score (nSPS) is 27.4. The highest BCUT2D eigenvalue weighted by atomic mass is 16.5. The van der Waals surface area contributed by atoms with E-state index in [-0.39, 0.29) is 11.8 Å². The van der Waals surface area contributed by atoms with Crippen molar-refractivity contribution in [3.8, 4) is 0 Å². The Morgan fingerprint density at radius 2 is 2.39 bits per heavy atom. The highest BCUT2D eigenvalue weighted by molar-refractivity contribution is 5.90. The van der Waals surface area contributed by atoms with E-state index in [1.165, 1.54) is 0 Å². The molecule has 0 bridgehead atoms. The summed E-state index contributed by atoms with van der Waals surface area (Å²) in [6.07, 6.45) is 4.12. The Morgan fingerprint density at radius 1 is 1.52 bits per heavy atom. The summed E-state index contributed by atoms with van der Waals surface area (Å²) in [5.74, 6) is -0.822. The molecular weight excluding hydrogens is 298 g/mol. The van der Waals surface area contributed by atoms with Gasteiger partial charge in [0.1, 0.15) is 0 Å². The molecule has 2 aliphatic heterocycles. The zero-order chi connectivity index (χ0) is 16.3. The van der Waals surface area contributed by atoms with Crippen molar-refractivity contribution in [3.63, 3.8) is 0 Å². The number of ether oxygens (including phenoxy) is 1. The van der Waals surface area contributed by atoms with Gasteiger partial charge < -0.3 is 20.1 Å². The fourth-order valence-electron chi connectivity index (χ4n) is 3.49. The summed E-state index contributed by atoms with van der Waals surface area (Å²) in [5, 5.41) is 12.4. The lowest BCUT2D eigenvalue weighted by molar-refractivity contribution is -0.157. The molecule has 3 heterocycles. The third-order valence-corrected chi connectivity index (χ3v) is 4.80. The molecule has 1 aromatic heterocycles. The van der Waals surface area contributed by atoms with Crippen molar-refractivity contribution in [2.75, 3.05) is 38.2 Å². The minimum Gasteiger partial charge on any atom is -0.481 e. The standard InChI is InChI=1S/C16H21N3O4/c20-14(18-13-2-1-5-17-8-13)3-6-19-9-12-10-23-7-4-16(12,11-19)15(21)22/h1-2,5,8,12H,3-4,6-7,9-11H2,(H,18,20)(H,21,22)/t12-,16+/m1/s1. The van der Waals surface area contributed by atoms with E-state index in [0.29, 0.717) is 51.4 Å². The second-order valence-corrected chi connectivity index (χ2v) is 6.26. The van der Waals surface area contributed by atoms with Crippen LogP contribution in [0.3, 0.4) is 0 Å². The van der Waals surface area contributed by atoms with E-state index < -0.39 is 11.4 Å². The Kier molecular flexibility index (Phi) is 4.58. The van der Waals surface area contributed by atoms with Crippen LogP contribution in [0.25, 0.3) is 0 Å². The zero-order valence-corrected chi connectivity index (χ0v) is 12.9. The molecule has 2 saturated heterocycles. The number of hydrogen-bond acceptors (Lipinski definition) is 5. The van der Waals surface area contributed by atoms with Crippen molar-refractivity contribution in [2.24, 2.45) is 11.3 Å². The van der Waals surface area contributed by atoms with Gasteiger partial charge >= 0.3 is 5.97 Å². The summed E-state index contributed by atoms with van der Waals surface area (Å²) in [6.45, 7) is 2.71. The first-order chi connectivity index (χ1) is 11.1. The lowest BCUT2D eigenvalue weighted by atomic mass is 9.74. The number of hydrogen-bond donors (Lipinski definition) is 2. The van der Waals surface area contributed by atoms with Crippen LogP contribution < -0.4 is 5.32 Å². The summed E-state index contributed by atoms with van der Waals surface area (Å²) in [6, 6.07) is 3.55. The molecule has 2 aliphatic rings. The molecule has 3 rings (SSSR count). The maximum atomic E-state index is 12.0. The largest absolute Gasteiger partial charge is 0.481 e. The Labute approximate surface area is 134 Å². The number of carbonyl (C=O) groups excluding carboxylic acids is 1. The van der Waals surface area contributed by atoms with Crippen LogP contribution in [0, 0.1) is 11.3 Å². The van der Waals surface area contributed by atoms with Gasteiger partial charge in [-0.2, -0.15) is 0 Å². The van der Waals surface area contributed by atoms with Gasteiger partial charge in [0.2, 0.25) is 5.91 Å². The van der Waals surface area contributed by atoms with Gasteiger partial charge in [0, 0.05) is 44.8 Å². The van der Waals surface area contributed by atoms with Gasteiger partial charge in [-0.25, -0.2) is 0 Å². The predicted molar refractivity (Wildman–Crippen MR) is 82.9 cm³/mol. The van der Waals surface area contributed by atoms with Crippen LogP contribution in [0.2, 0.25) is 0 Å². The molecule has 2 atom stereocenters. The van der Waals surface area contributed by atoms with Crippen molar-refractivity contribution in [2.45, 2.75) is 12.8 Å². The molecule has 7 nitrogen and oxygen atoms in total. The maximum Gasteiger partial charge on any atom is 0.311 e. The van der Waals surface area contributed by atoms with Crippen LogP contribution in [0.5, 0.6) is 0 Å². The second-order valence-electron chi connectivity index (χ2n) is 6.26. The molecule has 2 fully saturated rings. The van der Waals surface area contributed by atoms with Crippen molar-refractivity contribution in [1.29, 1.82) is 0 Å². The Morgan fingerprint density at radius 3 is 3.09 bits per heavy atom. The SMILES string of the molecule is O=C(CCN1C[C@@H]2COCC[C@]2(C(=O)O)C1)Nc1cccnc1. The first kappa shape index (κ1) is 15.9. The number of amides is 1. The summed E-state index contributed by atoms with van der Waals surface area (Å²) in [4.78, 5) is 29.7. The average molecular weight is 319 g/mol. The number of aromatic nitrogens is 1. The van der Waals surface area contributed by atoms with Gasteiger partial charge in [-0.15, -0.1) is 0 Å². The zero-order valence-electron chi connectivity index (χ0n) is 12.9. The minimum atomic E-state index is -0.742. The number of rotatable bonds is 5. The lowest BCUT2D eigenvalue weighted by Gasteiger charge is -2.34. The van der Waals surface area contributed by atoms with Gasteiger partial charge in [0.15, 0.2) is 0 Å².